The number of hydrogen-bond donors (Lipinski definition) is 3. The molecule has 1 saturated carbocycles. The van der Waals surface area contributed by atoms with Crippen molar-refractivity contribution < 1.29 is 14.3 Å². The Bertz CT molecular complexity index is 508. The third-order valence-corrected chi connectivity index (χ3v) is 4.79. The van der Waals surface area contributed by atoms with Crippen LogP contribution in [0.3, 0.4) is 0 Å². The van der Waals surface area contributed by atoms with Gasteiger partial charge in [-0.3, -0.25) is 0 Å². The third-order valence-electron chi connectivity index (χ3n) is 4.79. The molecule has 0 saturated heterocycles. The van der Waals surface area contributed by atoms with Crippen molar-refractivity contribution in [2.75, 3.05) is 13.1 Å². The Morgan fingerprint density at radius 2 is 1.82 bits per heavy atom. The number of hydrogen-bond acceptors (Lipinski definition) is 2. The van der Waals surface area contributed by atoms with E-state index in [1.165, 1.54) is 12.1 Å². The van der Waals surface area contributed by atoms with Crippen molar-refractivity contribution in [3.8, 4) is 0 Å². The Kier molecular flexibility index (Phi) is 5.06. The van der Waals surface area contributed by atoms with Gasteiger partial charge in [0.05, 0.1) is 5.60 Å². The van der Waals surface area contributed by atoms with E-state index < -0.39 is 5.60 Å². The van der Waals surface area contributed by atoms with Crippen molar-refractivity contribution in [3.05, 3.63) is 35.6 Å². The van der Waals surface area contributed by atoms with Gasteiger partial charge in [-0.15, -0.1) is 0 Å². The zero-order valence-electron chi connectivity index (χ0n) is 13.3. The highest BCUT2D eigenvalue weighted by molar-refractivity contribution is 5.74. The van der Waals surface area contributed by atoms with E-state index >= 15 is 0 Å². The Labute approximate surface area is 131 Å². The molecule has 0 heterocycles. The smallest absolute Gasteiger partial charge is 0.314 e. The minimum absolute atomic E-state index is 0.0587. The normalized spacial score (nSPS) is 16.2. The van der Waals surface area contributed by atoms with Crippen LogP contribution in [0, 0.1) is 5.82 Å². The highest BCUT2D eigenvalue weighted by Crippen LogP contribution is 2.47. The lowest BCUT2D eigenvalue weighted by Gasteiger charge is -2.25. The van der Waals surface area contributed by atoms with Crippen molar-refractivity contribution in [3.63, 3.8) is 0 Å². The molecule has 1 fully saturated rings. The molecular weight excluding hydrogens is 283 g/mol. The largest absolute Gasteiger partial charge is 0.388 e. The fourth-order valence-corrected chi connectivity index (χ4v) is 2.58. The topological polar surface area (TPSA) is 61.4 Å². The third kappa shape index (κ3) is 3.97. The summed E-state index contributed by atoms with van der Waals surface area (Å²) in [4.78, 5) is 11.9. The van der Waals surface area contributed by atoms with Gasteiger partial charge in [0.2, 0.25) is 0 Å². The van der Waals surface area contributed by atoms with Gasteiger partial charge >= 0.3 is 6.03 Å². The molecule has 5 heteroatoms. The SMILES string of the molecule is CCC(O)(CC)CNC(=O)NCC1(c2ccc(F)cc2)CC1. The van der Waals surface area contributed by atoms with E-state index in [0.29, 0.717) is 19.4 Å². The van der Waals surface area contributed by atoms with E-state index in [-0.39, 0.29) is 23.8 Å². The van der Waals surface area contributed by atoms with Gasteiger partial charge in [0, 0.05) is 18.5 Å². The summed E-state index contributed by atoms with van der Waals surface area (Å²) in [7, 11) is 0. The van der Waals surface area contributed by atoms with Gasteiger partial charge < -0.3 is 15.7 Å². The van der Waals surface area contributed by atoms with Gasteiger partial charge in [-0.1, -0.05) is 26.0 Å². The van der Waals surface area contributed by atoms with E-state index in [4.69, 9.17) is 0 Å². The summed E-state index contributed by atoms with van der Waals surface area (Å²) < 4.78 is 13.0. The molecule has 1 aliphatic carbocycles. The molecule has 122 valence electrons. The first-order valence-corrected chi connectivity index (χ1v) is 7.93. The van der Waals surface area contributed by atoms with E-state index in [0.717, 1.165) is 18.4 Å². The standard InChI is InChI=1S/C17H25FN2O2/c1-3-17(22,4-2)12-20-15(21)19-11-16(9-10-16)13-5-7-14(18)8-6-13/h5-8,22H,3-4,9-12H2,1-2H3,(H2,19,20,21). The molecule has 0 aliphatic heterocycles. The Balaban J connectivity index is 1.82. The molecule has 3 N–H and O–H groups in total. The number of carbonyl (C=O) groups is 1. The zero-order chi connectivity index (χ0) is 16.2. The summed E-state index contributed by atoms with van der Waals surface area (Å²) in [6.07, 6.45) is 3.19. The Morgan fingerprint density at radius 1 is 1.23 bits per heavy atom. The van der Waals surface area contributed by atoms with E-state index in [1.807, 2.05) is 13.8 Å². The van der Waals surface area contributed by atoms with Crippen LogP contribution < -0.4 is 10.6 Å². The van der Waals surface area contributed by atoms with E-state index in [1.54, 1.807) is 12.1 Å². The number of urea groups is 1. The van der Waals surface area contributed by atoms with Crippen LogP contribution in [0.5, 0.6) is 0 Å². The molecule has 22 heavy (non-hydrogen) atoms. The molecule has 0 atom stereocenters. The first-order chi connectivity index (χ1) is 10.4. The van der Waals surface area contributed by atoms with Crippen LogP contribution >= 0.6 is 0 Å². The van der Waals surface area contributed by atoms with Gasteiger partial charge in [0.15, 0.2) is 0 Å². The number of halogens is 1. The maximum atomic E-state index is 13.0. The summed E-state index contributed by atoms with van der Waals surface area (Å²) in [6, 6.07) is 6.22. The lowest BCUT2D eigenvalue weighted by atomic mass is 9.96. The summed E-state index contributed by atoms with van der Waals surface area (Å²) >= 11 is 0. The minimum Gasteiger partial charge on any atom is -0.388 e. The maximum absolute atomic E-state index is 13.0. The molecule has 0 aromatic heterocycles. The molecule has 0 radical (unpaired) electrons. The predicted molar refractivity (Wildman–Crippen MR) is 84.2 cm³/mol. The zero-order valence-corrected chi connectivity index (χ0v) is 13.3. The van der Waals surface area contributed by atoms with E-state index in [9.17, 15) is 14.3 Å². The van der Waals surface area contributed by atoms with Crippen LogP contribution in [0.25, 0.3) is 0 Å². The second-order valence-corrected chi connectivity index (χ2v) is 6.25. The molecule has 1 aromatic carbocycles. The summed E-state index contributed by atoms with van der Waals surface area (Å²) in [5.74, 6) is -0.247. The molecule has 2 amide bonds. The molecular formula is C17H25FN2O2. The van der Waals surface area contributed by atoms with Crippen molar-refractivity contribution >= 4 is 6.03 Å². The van der Waals surface area contributed by atoms with Crippen molar-refractivity contribution in [2.24, 2.45) is 0 Å². The minimum atomic E-state index is -0.842. The number of benzene rings is 1. The molecule has 4 nitrogen and oxygen atoms in total. The number of carbonyl (C=O) groups excluding carboxylic acids is 1. The van der Waals surface area contributed by atoms with Crippen molar-refractivity contribution in [1.82, 2.24) is 10.6 Å². The monoisotopic (exact) mass is 308 g/mol. The van der Waals surface area contributed by atoms with Crippen LogP contribution in [-0.2, 0) is 5.41 Å². The number of nitrogens with one attached hydrogen (secondary N) is 2. The van der Waals surface area contributed by atoms with Gasteiger partial charge in [0.1, 0.15) is 5.82 Å². The summed E-state index contributed by atoms with van der Waals surface area (Å²) in [6.45, 7) is 4.57. The quantitative estimate of drug-likeness (QED) is 0.725. The van der Waals surface area contributed by atoms with Crippen LogP contribution in [-0.4, -0.2) is 29.8 Å². The van der Waals surface area contributed by atoms with Crippen molar-refractivity contribution in [2.45, 2.75) is 50.5 Å². The van der Waals surface area contributed by atoms with Crippen LogP contribution in [0.1, 0.15) is 45.1 Å². The van der Waals surface area contributed by atoms with Gasteiger partial charge in [0.25, 0.3) is 0 Å². The molecule has 2 rings (SSSR count). The second kappa shape index (κ2) is 6.65. The molecule has 0 spiro atoms. The molecule has 1 aromatic rings. The van der Waals surface area contributed by atoms with Crippen LogP contribution in [0.15, 0.2) is 24.3 Å². The summed E-state index contributed by atoms with van der Waals surface area (Å²) in [5, 5.41) is 15.7. The molecule has 0 bridgehead atoms. The van der Waals surface area contributed by atoms with Crippen molar-refractivity contribution in [1.29, 1.82) is 0 Å². The lowest BCUT2D eigenvalue weighted by molar-refractivity contribution is 0.0349. The maximum Gasteiger partial charge on any atom is 0.314 e. The first kappa shape index (κ1) is 16.7. The highest BCUT2D eigenvalue weighted by Gasteiger charge is 2.44. The Morgan fingerprint density at radius 3 is 2.32 bits per heavy atom. The fraction of sp³-hybridized carbons (Fsp3) is 0.588. The van der Waals surface area contributed by atoms with Gasteiger partial charge in [-0.05, 0) is 43.4 Å². The average molecular weight is 308 g/mol. The lowest BCUT2D eigenvalue weighted by Crippen LogP contribution is -2.47. The predicted octanol–water partition coefficient (Wildman–Crippen LogP) is 2.71. The van der Waals surface area contributed by atoms with E-state index in [2.05, 4.69) is 10.6 Å². The summed E-state index contributed by atoms with van der Waals surface area (Å²) in [5.41, 5.74) is 0.162. The fourth-order valence-electron chi connectivity index (χ4n) is 2.58. The van der Waals surface area contributed by atoms with Gasteiger partial charge in [-0.25, -0.2) is 9.18 Å². The Hall–Kier alpha value is -1.62. The van der Waals surface area contributed by atoms with Crippen LogP contribution in [0.2, 0.25) is 0 Å². The average Bonchev–Trinajstić information content (AvgIpc) is 3.32. The molecule has 1 aliphatic rings. The number of aliphatic hydroxyl groups is 1. The van der Waals surface area contributed by atoms with Gasteiger partial charge in [-0.2, -0.15) is 0 Å². The number of amides is 2. The van der Waals surface area contributed by atoms with Crippen LogP contribution in [0.4, 0.5) is 9.18 Å². The highest BCUT2D eigenvalue weighted by atomic mass is 19.1. The number of rotatable bonds is 7. The first-order valence-electron chi connectivity index (χ1n) is 7.93. The molecule has 0 unspecified atom stereocenters. The second-order valence-electron chi connectivity index (χ2n) is 6.25.